The second-order valence-corrected chi connectivity index (χ2v) is 5.92. The Labute approximate surface area is 132 Å². The lowest BCUT2D eigenvalue weighted by Gasteiger charge is -2.15. The minimum absolute atomic E-state index is 0.103. The summed E-state index contributed by atoms with van der Waals surface area (Å²) in [7, 11) is 0. The molecule has 0 radical (unpaired) electrons. The third kappa shape index (κ3) is 3.41. The number of aryl methyl sites for hydroxylation is 1. The molecule has 0 aliphatic rings. The lowest BCUT2D eigenvalue weighted by atomic mass is 10.1. The van der Waals surface area contributed by atoms with E-state index in [0.29, 0.717) is 10.6 Å². The third-order valence-corrected chi connectivity index (χ3v) is 4.42. The summed E-state index contributed by atoms with van der Waals surface area (Å²) in [5.74, 6) is -0.104. The van der Waals surface area contributed by atoms with Crippen LogP contribution in [0.25, 0.3) is 0 Å². The summed E-state index contributed by atoms with van der Waals surface area (Å²) in [6.07, 6.45) is 0. The van der Waals surface area contributed by atoms with Gasteiger partial charge in [-0.1, -0.05) is 35.9 Å². The third-order valence-electron chi connectivity index (χ3n) is 3.13. The SMILES string of the molecule is Cc1cccc(C(=O)NC(C)c2cccc(Cl)c2)c1Br. The minimum atomic E-state index is -0.104. The number of nitrogens with one attached hydrogen (secondary N) is 1. The first-order valence-electron chi connectivity index (χ1n) is 6.30. The van der Waals surface area contributed by atoms with Crippen LogP contribution < -0.4 is 5.32 Å². The van der Waals surface area contributed by atoms with Crippen molar-refractivity contribution in [2.75, 3.05) is 0 Å². The van der Waals surface area contributed by atoms with Crippen LogP contribution in [0, 0.1) is 6.92 Å². The predicted octanol–water partition coefficient (Wildman–Crippen LogP) is 4.90. The van der Waals surface area contributed by atoms with Crippen molar-refractivity contribution in [3.05, 3.63) is 68.7 Å². The van der Waals surface area contributed by atoms with Crippen molar-refractivity contribution in [2.45, 2.75) is 19.9 Å². The zero-order valence-electron chi connectivity index (χ0n) is 11.3. The molecule has 0 aliphatic carbocycles. The van der Waals surface area contributed by atoms with Crippen molar-refractivity contribution in [3.63, 3.8) is 0 Å². The van der Waals surface area contributed by atoms with Gasteiger partial charge >= 0.3 is 0 Å². The van der Waals surface area contributed by atoms with Crippen LogP contribution in [0.4, 0.5) is 0 Å². The monoisotopic (exact) mass is 351 g/mol. The summed E-state index contributed by atoms with van der Waals surface area (Å²) in [6, 6.07) is 13.0. The molecule has 1 unspecified atom stereocenters. The van der Waals surface area contributed by atoms with Gasteiger partial charge in [0.1, 0.15) is 0 Å². The van der Waals surface area contributed by atoms with Crippen LogP contribution >= 0.6 is 27.5 Å². The molecular formula is C16H15BrClNO. The molecule has 1 amide bonds. The van der Waals surface area contributed by atoms with Crippen molar-refractivity contribution in [1.82, 2.24) is 5.32 Å². The molecule has 0 heterocycles. The van der Waals surface area contributed by atoms with Gasteiger partial charge in [0, 0.05) is 9.50 Å². The average molecular weight is 353 g/mol. The van der Waals surface area contributed by atoms with E-state index in [1.807, 2.05) is 50.2 Å². The molecule has 0 aromatic heterocycles. The maximum Gasteiger partial charge on any atom is 0.252 e. The number of benzene rings is 2. The molecule has 20 heavy (non-hydrogen) atoms. The highest BCUT2D eigenvalue weighted by atomic mass is 79.9. The van der Waals surface area contributed by atoms with Crippen molar-refractivity contribution in [1.29, 1.82) is 0 Å². The minimum Gasteiger partial charge on any atom is -0.345 e. The molecule has 0 saturated carbocycles. The van der Waals surface area contributed by atoms with E-state index in [9.17, 15) is 4.79 Å². The highest BCUT2D eigenvalue weighted by molar-refractivity contribution is 9.10. The number of hydrogen-bond donors (Lipinski definition) is 1. The van der Waals surface area contributed by atoms with Gasteiger partial charge in [0.05, 0.1) is 11.6 Å². The van der Waals surface area contributed by atoms with E-state index in [4.69, 9.17) is 11.6 Å². The van der Waals surface area contributed by atoms with Crippen molar-refractivity contribution >= 4 is 33.4 Å². The van der Waals surface area contributed by atoms with E-state index in [1.165, 1.54) is 0 Å². The summed E-state index contributed by atoms with van der Waals surface area (Å²) in [6.45, 7) is 3.90. The summed E-state index contributed by atoms with van der Waals surface area (Å²) in [5.41, 5.74) is 2.65. The second-order valence-electron chi connectivity index (χ2n) is 4.69. The second kappa shape index (κ2) is 6.42. The predicted molar refractivity (Wildman–Crippen MR) is 86.2 cm³/mol. The number of hydrogen-bond acceptors (Lipinski definition) is 1. The standard InChI is InChI=1S/C16H15BrClNO/c1-10-5-3-8-14(15(10)17)16(20)19-11(2)12-6-4-7-13(18)9-12/h3-9,11H,1-2H3,(H,19,20). The number of rotatable bonds is 3. The Morgan fingerprint density at radius 1 is 1.25 bits per heavy atom. The van der Waals surface area contributed by atoms with Gasteiger partial charge in [-0.2, -0.15) is 0 Å². The quantitative estimate of drug-likeness (QED) is 0.836. The molecule has 0 bridgehead atoms. The zero-order valence-corrected chi connectivity index (χ0v) is 13.6. The Kier molecular flexibility index (Phi) is 4.84. The molecular weight excluding hydrogens is 338 g/mol. The van der Waals surface area contributed by atoms with Gasteiger partial charge in [-0.25, -0.2) is 0 Å². The van der Waals surface area contributed by atoms with E-state index in [2.05, 4.69) is 21.2 Å². The van der Waals surface area contributed by atoms with Crippen LogP contribution in [-0.4, -0.2) is 5.91 Å². The van der Waals surface area contributed by atoms with Crippen LogP contribution in [0.3, 0.4) is 0 Å². The Bertz CT molecular complexity index is 642. The van der Waals surface area contributed by atoms with Crippen molar-refractivity contribution in [3.8, 4) is 0 Å². The summed E-state index contributed by atoms with van der Waals surface area (Å²) in [5, 5.41) is 3.65. The molecule has 0 aliphatic heterocycles. The van der Waals surface area contributed by atoms with Gasteiger partial charge in [0.2, 0.25) is 0 Å². The molecule has 1 atom stereocenters. The summed E-state index contributed by atoms with van der Waals surface area (Å²) < 4.78 is 0.829. The highest BCUT2D eigenvalue weighted by Gasteiger charge is 2.14. The zero-order chi connectivity index (χ0) is 14.7. The van der Waals surface area contributed by atoms with Crippen molar-refractivity contribution < 1.29 is 4.79 Å². The Hall–Kier alpha value is -1.32. The van der Waals surface area contributed by atoms with E-state index in [1.54, 1.807) is 6.07 Å². The lowest BCUT2D eigenvalue weighted by Crippen LogP contribution is -2.27. The highest BCUT2D eigenvalue weighted by Crippen LogP contribution is 2.22. The number of amides is 1. The number of carbonyl (C=O) groups is 1. The molecule has 2 aromatic carbocycles. The molecule has 0 saturated heterocycles. The normalized spacial score (nSPS) is 12.0. The summed E-state index contributed by atoms with van der Waals surface area (Å²) in [4.78, 5) is 12.3. The maximum absolute atomic E-state index is 12.3. The largest absolute Gasteiger partial charge is 0.345 e. The molecule has 2 aromatic rings. The van der Waals surface area contributed by atoms with Gasteiger partial charge in [0.15, 0.2) is 0 Å². The van der Waals surface area contributed by atoms with Crippen molar-refractivity contribution in [2.24, 2.45) is 0 Å². The van der Waals surface area contributed by atoms with Crippen LogP contribution in [0.15, 0.2) is 46.9 Å². The molecule has 1 N–H and O–H groups in total. The van der Waals surface area contributed by atoms with Gasteiger partial charge in [0.25, 0.3) is 5.91 Å². The Morgan fingerprint density at radius 2 is 1.95 bits per heavy atom. The first-order valence-corrected chi connectivity index (χ1v) is 7.47. The van der Waals surface area contributed by atoms with E-state index < -0.39 is 0 Å². The Balaban J connectivity index is 2.17. The molecule has 0 fully saturated rings. The van der Waals surface area contributed by atoms with Gasteiger partial charge in [-0.15, -0.1) is 0 Å². The lowest BCUT2D eigenvalue weighted by molar-refractivity contribution is 0.0939. The van der Waals surface area contributed by atoms with Crippen LogP contribution in [0.1, 0.15) is 34.5 Å². The summed E-state index contributed by atoms with van der Waals surface area (Å²) >= 11 is 9.42. The number of carbonyl (C=O) groups excluding carboxylic acids is 1. The fraction of sp³-hybridized carbons (Fsp3) is 0.188. The van der Waals surface area contributed by atoms with Crippen LogP contribution in [0.5, 0.6) is 0 Å². The molecule has 104 valence electrons. The molecule has 4 heteroatoms. The fourth-order valence-electron chi connectivity index (χ4n) is 1.96. The number of halogens is 2. The van der Waals surface area contributed by atoms with Gasteiger partial charge in [-0.3, -0.25) is 4.79 Å². The maximum atomic E-state index is 12.3. The average Bonchev–Trinajstić information content (AvgIpc) is 2.41. The van der Waals surface area contributed by atoms with Crippen LogP contribution in [0.2, 0.25) is 5.02 Å². The van der Waals surface area contributed by atoms with Gasteiger partial charge < -0.3 is 5.32 Å². The topological polar surface area (TPSA) is 29.1 Å². The molecule has 2 nitrogen and oxygen atoms in total. The van der Waals surface area contributed by atoms with E-state index >= 15 is 0 Å². The molecule has 2 rings (SSSR count). The van der Waals surface area contributed by atoms with Crippen LogP contribution in [-0.2, 0) is 0 Å². The van der Waals surface area contributed by atoms with Gasteiger partial charge in [-0.05, 0) is 59.1 Å². The first-order chi connectivity index (χ1) is 9.49. The first kappa shape index (κ1) is 15.1. The Morgan fingerprint density at radius 3 is 2.65 bits per heavy atom. The van der Waals surface area contributed by atoms with E-state index in [-0.39, 0.29) is 11.9 Å². The van der Waals surface area contributed by atoms with E-state index in [0.717, 1.165) is 15.6 Å². The molecule has 0 spiro atoms. The smallest absolute Gasteiger partial charge is 0.252 e. The fourth-order valence-corrected chi connectivity index (χ4v) is 2.60.